The number of nitrogens with zero attached hydrogens (tertiary/aromatic N) is 3. The molecule has 0 saturated carbocycles. The van der Waals surface area contributed by atoms with Crippen LogP contribution < -0.4 is 0 Å². The molecule has 0 spiro atoms. The summed E-state index contributed by atoms with van der Waals surface area (Å²) in [6.07, 6.45) is -3.53. The van der Waals surface area contributed by atoms with E-state index in [2.05, 4.69) is 10.3 Å². The third kappa shape index (κ3) is 2.29. The maximum absolute atomic E-state index is 12.7. The molecule has 2 heterocycles. The summed E-state index contributed by atoms with van der Waals surface area (Å²) < 4.78 is 39.9. The van der Waals surface area contributed by atoms with E-state index in [0.717, 1.165) is 24.0 Å². The van der Waals surface area contributed by atoms with E-state index < -0.39 is 11.7 Å². The van der Waals surface area contributed by atoms with Gasteiger partial charge in [0, 0.05) is 5.75 Å². The predicted octanol–water partition coefficient (Wildman–Crippen LogP) is 3.78. The molecule has 0 amide bonds. The Morgan fingerprint density at radius 2 is 2.16 bits per heavy atom. The predicted molar refractivity (Wildman–Crippen MR) is 68.5 cm³/mol. The summed E-state index contributed by atoms with van der Waals surface area (Å²) in [7, 11) is 0. The van der Waals surface area contributed by atoms with Gasteiger partial charge in [-0.2, -0.15) is 24.9 Å². The molecule has 1 aromatic carbocycles. The van der Waals surface area contributed by atoms with Gasteiger partial charge in [0.25, 0.3) is 0 Å². The SMILES string of the molecule is FC(F)(F)c1cc2nnn(C3CCSC3)c2cc1Cl. The lowest BCUT2D eigenvalue weighted by Gasteiger charge is -2.11. The molecule has 3 rings (SSSR count). The van der Waals surface area contributed by atoms with E-state index >= 15 is 0 Å². The molecule has 1 fully saturated rings. The fourth-order valence-electron chi connectivity index (χ4n) is 2.16. The standard InChI is InChI=1S/C11H9ClF3N3S/c12-8-4-10-9(3-7(8)11(13,14)15)16-17-18(10)6-1-2-19-5-6/h3-4,6H,1-2,5H2. The van der Waals surface area contributed by atoms with Crippen molar-refractivity contribution < 1.29 is 13.2 Å². The Kier molecular flexibility index (Phi) is 3.13. The smallest absolute Gasteiger partial charge is 0.241 e. The zero-order valence-electron chi connectivity index (χ0n) is 9.62. The number of alkyl halides is 3. The van der Waals surface area contributed by atoms with Crippen LogP contribution in [-0.4, -0.2) is 26.5 Å². The lowest BCUT2D eigenvalue weighted by atomic mass is 10.2. The van der Waals surface area contributed by atoms with Crippen molar-refractivity contribution in [3.8, 4) is 0 Å². The maximum Gasteiger partial charge on any atom is 0.417 e. The quantitative estimate of drug-likeness (QED) is 0.803. The minimum atomic E-state index is -4.47. The molecule has 102 valence electrons. The summed E-state index contributed by atoms with van der Waals surface area (Å²) in [5.74, 6) is 1.93. The molecule has 19 heavy (non-hydrogen) atoms. The Morgan fingerprint density at radius 1 is 1.37 bits per heavy atom. The van der Waals surface area contributed by atoms with Crippen LogP contribution in [0, 0.1) is 0 Å². The van der Waals surface area contributed by atoms with Crippen LogP contribution in [0.25, 0.3) is 11.0 Å². The molecule has 0 bridgehead atoms. The lowest BCUT2D eigenvalue weighted by Crippen LogP contribution is -2.10. The Labute approximate surface area is 116 Å². The van der Waals surface area contributed by atoms with Gasteiger partial charge in [0.15, 0.2) is 0 Å². The van der Waals surface area contributed by atoms with Crippen molar-refractivity contribution >= 4 is 34.4 Å². The highest BCUT2D eigenvalue weighted by molar-refractivity contribution is 7.99. The molecular formula is C11H9ClF3N3S. The van der Waals surface area contributed by atoms with Crippen LogP contribution in [0.5, 0.6) is 0 Å². The topological polar surface area (TPSA) is 30.7 Å². The van der Waals surface area contributed by atoms with Gasteiger partial charge in [-0.3, -0.25) is 0 Å². The number of hydrogen-bond acceptors (Lipinski definition) is 3. The van der Waals surface area contributed by atoms with E-state index in [4.69, 9.17) is 11.6 Å². The van der Waals surface area contributed by atoms with Crippen LogP contribution in [0.2, 0.25) is 5.02 Å². The van der Waals surface area contributed by atoms with E-state index in [0.29, 0.717) is 5.52 Å². The van der Waals surface area contributed by atoms with Crippen LogP contribution in [-0.2, 0) is 6.18 Å². The van der Waals surface area contributed by atoms with Gasteiger partial charge in [0.2, 0.25) is 0 Å². The van der Waals surface area contributed by atoms with Gasteiger partial charge in [0.05, 0.1) is 22.1 Å². The molecule has 0 N–H and O–H groups in total. The number of rotatable bonds is 1. The second kappa shape index (κ2) is 4.56. The van der Waals surface area contributed by atoms with Gasteiger partial charge in [-0.05, 0) is 24.3 Å². The van der Waals surface area contributed by atoms with Crippen molar-refractivity contribution in [3.63, 3.8) is 0 Å². The van der Waals surface area contributed by atoms with Crippen LogP contribution in [0.15, 0.2) is 12.1 Å². The second-order valence-corrected chi connectivity index (χ2v) is 5.93. The van der Waals surface area contributed by atoms with Crippen molar-refractivity contribution in [1.82, 2.24) is 15.0 Å². The third-order valence-electron chi connectivity index (χ3n) is 3.12. The molecule has 1 unspecified atom stereocenters. The molecule has 1 aliphatic heterocycles. The molecule has 1 aromatic heterocycles. The average Bonchev–Trinajstić information content (AvgIpc) is 2.93. The first kappa shape index (κ1) is 13.1. The Balaban J connectivity index is 2.12. The first-order valence-corrected chi connectivity index (χ1v) is 7.19. The van der Waals surface area contributed by atoms with Gasteiger partial charge in [-0.15, -0.1) is 5.10 Å². The largest absolute Gasteiger partial charge is 0.417 e. The van der Waals surface area contributed by atoms with Gasteiger partial charge in [-0.1, -0.05) is 16.8 Å². The molecule has 2 aromatic rings. The summed E-state index contributed by atoms with van der Waals surface area (Å²) >= 11 is 7.53. The monoisotopic (exact) mass is 307 g/mol. The van der Waals surface area contributed by atoms with E-state index in [1.54, 1.807) is 16.4 Å². The average molecular weight is 308 g/mol. The highest BCUT2D eigenvalue weighted by Gasteiger charge is 2.34. The number of benzene rings is 1. The van der Waals surface area contributed by atoms with E-state index in [-0.39, 0.29) is 16.6 Å². The Morgan fingerprint density at radius 3 is 2.79 bits per heavy atom. The minimum Gasteiger partial charge on any atom is -0.241 e. The van der Waals surface area contributed by atoms with Crippen LogP contribution in [0.3, 0.4) is 0 Å². The van der Waals surface area contributed by atoms with Gasteiger partial charge < -0.3 is 0 Å². The summed E-state index contributed by atoms with van der Waals surface area (Å²) in [6, 6.07) is 2.45. The Hall–Kier alpha value is -0.950. The first-order chi connectivity index (χ1) is 8.97. The summed E-state index contributed by atoms with van der Waals surface area (Å²) in [5.41, 5.74) is -0.0753. The molecule has 8 heteroatoms. The zero-order valence-corrected chi connectivity index (χ0v) is 11.2. The zero-order chi connectivity index (χ0) is 13.6. The van der Waals surface area contributed by atoms with Gasteiger partial charge in [-0.25, -0.2) is 4.68 Å². The maximum atomic E-state index is 12.7. The van der Waals surface area contributed by atoms with Gasteiger partial charge >= 0.3 is 6.18 Å². The van der Waals surface area contributed by atoms with E-state index in [1.807, 2.05) is 0 Å². The summed E-state index contributed by atoms with van der Waals surface area (Å²) in [6.45, 7) is 0. The minimum absolute atomic E-state index is 0.183. The fraction of sp³-hybridized carbons (Fsp3) is 0.455. The third-order valence-corrected chi connectivity index (χ3v) is 4.57. The van der Waals surface area contributed by atoms with Crippen LogP contribution in [0.4, 0.5) is 13.2 Å². The van der Waals surface area contributed by atoms with Crippen molar-refractivity contribution in [1.29, 1.82) is 0 Å². The molecular weight excluding hydrogens is 299 g/mol. The highest BCUT2D eigenvalue weighted by Crippen LogP contribution is 2.37. The molecule has 1 aliphatic rings. The fourth-order valence-corrected chi connectivity index (χ4v) is 3.61. The second-order valence-electron chi connectivity index (χ2n) is 4.37. The van der Waals surface area contributed by atoms with Crippen molar-refractivity contribution in [2.75, 3.05) is 11.5 Å². The molecule has 1 atom stereocenters. The van der Waals surface area contributed by atoms with Crippen molar-refractivity contribution in [2.24, 2.45) is 0 Å². The normalized spacial score (nSPS) is 20.3. The van der Waals surface area contributed by atoms with E-state index in [9.17, 15) is 13.2 Å². The lowest BCUT2D eigenvalue weighted by molar-refractivity contribution is -0.137. The summed E-state index contributed by atoms with van der Waals surface area (Å²) in [5, 5.41) is 7.48. The number of thioether (sulfide) groups is 1. The Bertz CT molecular complexity index is 619. The van der Waals surface area contributed by atoms with Crippen molar-refractivity contribution in [3.05, 3.63) is 22.7 Å². The summed E-state index contributed by atoms with van der Waals surface area (Å²) in [4.78, 5) is 0. The van der Waals surface area contributed by atoms with Crippen LogP contribution in [0.1, 0.15) is 18.0 Å². The van der Waals surface area contributed by atoms with Crippen molar-refractivity contribution in [2.45, 2.75) is 18.6 Å². The highest BCUT2D eigenvalue weighted by atomic mass is 35.5. The number of fused-ring (bicyclic) bond motifs is 1. The molecule has 0 radical (unpaired) electrons. The number of hydrogen-bond donors (Lipinski definition) is 0. The van der Waals surface area contributed by atoms with E-state index in [1.165, 1.54) is 6.07 Å². The van der Waals surface area contributed by atoms with Crippen LogP contribution >= 0.6 is 23.4 Å². The molecule has 3 nitrogen and oxygen atoms in total. The van der Waals surface area contributed by atoms with Gasteiger partial charge in [0.1, 0.15) is 5.52 Å². The number of halogens is 4. The first-order valence-electron chi connectivity index (χ1n) is 5.66. The molecule has 0 aliphatic carbocycles. The number of aromatic nitrogens is 3. The molecule has 1 saturated heterocycles.